The van der Waals surface area contributed by atoms with E-state index in [9.17, 15) is 4.79 Å². The molecule has 174 valence electrons. The molecule has 35 heavy (non-hydrogen) atoms. The zero-order chi connectivity index (χ0) is 24.2. The van der Waals surface area contributed by atoms with E-state index in [-0.39, 0.29) is 0 Å². The highest BCUT2D eigenvalue weighted by Crippen LogP contribution is 2.36. The number of carbonyl (C=O) groups excluding carboxylic acids is 1. The Morgan fingerprint density at radius 2 is 1.66 bits per heavy atom. The monoisotopic (exact) mass is 463 g/mol. The number of benzene rings is 3. The number of para-hydroxylation sites is 1. The van der Waals surface area contributed by atoms with Gasteiger partial charge in [-0.25, -0.2) is 9.78 Å². The number of pyridine rings is 1. The van der Waals surface area contributed by atoms with Crippen molar-refractivity contribution in [1.82, 2.24) is 9.38 Å². The van der Waals surface area contributed by atoms with Crippen LogP contribution in [0.4, 0.5) is 5.82 Å². The fourth-order valence-corrected chi connectivity index (χ4v) is 3.98. The van der Waals surface area contributed by atoms with Crippen molar-refractivity contribution in [3.63, 3.8) is 0 Å². The first-order chi connectivity index (χ1) is 17.1. The van der Waals surface area contributed by atoms with E-state index in [1.165, 1.54) is 0 Å². The predicted octanol–water partition coefficient (Wildman–Crippen LogP) is 6.15. The summed E-state index contributed by atoms with van der Waals surface area (Å²) >= 11 is 0. The highest BCUT2D eigenvalue weighted by molar-refractivity contribution is 5.93. The van der Waals surface area contributed by atoms with Gasteiger partial charge in [0.25, 0.3) is 0 Å². The lowest BCUT2D eigenvalue weighted by Crippen LogP contribution is -2.09. The van der Waals surface area contributed by atoms with Gasteiger partial charge in [-0.3, -0.25) is 4.40 Å². The number of fused-ring (bicyclic) bond motifs is 1. The molecule has 0 amide bonds. The summed E-state index contributed by atoms with van der Waals surface area (Å²) in [6, 6.07) is 28.5. The van der Waals surface area contributed by atoms with Crippen LogP contribution < -0.4 is 14.8 Å². The number of methoxy groups -OCH3 is 1. The number of esters is 1. The van der Waals surface area contributed by atoms with E-state index >= 15 is 0 Å². The molecule has 3 aromatic carbocycles. The first-order valence-corrected chi connectivity index (χ1v) is 11.3. The van der Waals surface area contributed by atoms with E-state index in [1.54, 1.807) is 37.4 Å². The minimum absolute atomic E-state index is 0.439. The maximum atomic E-state index is 12.9. The Bertz CT molecular complexity index is 1470. The second-order valence-electron chi connectivity index (χ2n) is 8.15. The van der Waals surface area contributed by atoms with Gasteiger partial charge in [-0.15, -0.1) is 0 Å². The number of carbonyl (C=O) groups is 1. The van der Waals surface area contributed by atoms with Crippen LogP contribution in [0.1, 0.15) is 21.5 Å². The number of nitrogens with zero attached hydrogens (tertiary/aromatic N) is 2. The van der Waals surface area contributed by atoms with Crippen molar-refractivity contribution in [1.29, 1.82) is 0 Å². The third-order valence-electron chi connectivity index (χ3n) is 5.82. The summed E-state index contributed by atoms with van der Waals surface area (Å²) in [7, 11) is 1.59. The number of ether oxygens (including phenoxy) is 2. The minimum Gasteiger partial charge on any atom is -0.497 e. The molecule has 0 bridgehead atoms. The molecule has 6 heteroatoms. The Kier molecular flexibility index (Phi) is 6.18. The number of nitrogens with one attached hydrogen (secondary N) is 1. The molecule has 0 unspecified atom stereocenters. The van der Waals surface area contributed by atoms with Crippen molar-refractivity contribution in [3.8, 4) is 22.8 Å². The van der Waals surface area contributed by atoms with Crippen LogP contribution in [-0.4, -0.2) is 22.5 Å². The third kappa shape index (κ3) is 4.59. The molecule has 2 heterocycles. The van der Waals surface area contributed by atoms with Crippen LogP contribution in [0.5, 0.6) is 11.5 Å². The summed E-state index contributed by atoms with van der Waals surface area (Å²) in [6.45, 7) is 2.66. The molecule has 0 atom stereocenters. The lowest BCUT2D eigenvalue weighted by Gasteiger charge is -2.12. The number of anilines is 1. The van der Waals surface area contributed by atoms with Crippen LogP contribution >= 0.6 is 0 Å². The number of hydrogen-bond acceptors (Lipinski definition) is 5. The fraction of sp³-hybridized carbons (Fsp3) is 0.103. The van der Waals surface area contributed by atoms with Gasteiger partial charge < -0.3 is 14.8 Å². The molecule has 0 radical (unpaired) electrons. The molecule has 0 spiro atoms. The Hall–Kier alpha value is -4.58. The maximum absolute atomic E-state index is 12.9. The molecule has 0 aliphatic heterocycles. The average Bonchev–Trinajstić information content (AvgIpc) is 3.28. The van der Waals surface area contributed by atoms with E-state index in [1.807, 2.05) is 66.1 Å². The molecule has 0 saturated heterocycles. The number of aromatic nitrogens is 2. The fourth-order valence-electron chi connectivity index (χ4n) is 3.98. The number of aryl methyl sites for hydroxylation is 1. The molecule has 0 aliphatic carbocycles. The molecular weight excluding hydrogens is 438 g/mol. The van der Waals surface area contributed by atoms with Gasteiger partial charge in [0.05, 0.1) is 12.7 Å². The van der Waals surface area contributed by atoms with Crippen molar-refractivity contribution >= 4 is 17.4 Å². The molecule has 0 fully saturated rings. The summed E-state index contributed by atoms with van der Waals surface area (Å²) < 4.78 is 13.1. The zero-order valence-electron chi connectivity index (χ0n) is 19.6. The van der Waals surface area contributed by atoms with Crippen molar-refractivity contribution in [3.05, 3.63) is 114 Å². The second kappa shape index (κ2) is 9.73. The standard InChI is InChI=1S/C29H25N3O3/c1-20-9-8-18-32-27(20)31-26(28(32)30-19-21-10-4-3-5-11-21)24-12-6-7-13-25(24)35-29(33)22-14-16-23(34-2)17-15-22/h3-18,30H,19H2,1-2H3. The van der Waals surface area contributed by atoms with Gasteiger partial charge in [0.2, 0.25) is 0 Å². The van der Waals surface area contributed by atoms with Crippen LogP contribution in [0.2, 0.25) is 0 Å². The van der Waals surface area contributed by atoms with Gasteiger partial charge in [-0.1, -0.05) is 48.5 Å². The first kappa shape index (κ1) is 22.2. The second-order valence-corrected chi connectivity index (χ2v) is 8.15. The molecule has 5 aromatic rings. The molecule has 0 aliphatic rings. The molecule has 2 aromatic heterocycles. The van der Waals surface area contributed by atoms with E-state index in [0.717, 1.165) is 28.2 Å². The summed E-state index contributed by atoms with van der Waals surface area (Å²) in [5, 5.41) is 3.55. The highest BCUT2D eigenvalue weighted by Gasteiger charge is 2.20. The molecule has 5 rings (SSSR count). The lowest BCUT2D eigenvalue weighted by atomic mass is 10.1. The number of hydrogen-bond donors (Lipinski definition) is 1. The first-order valence-electron chi connectivity index (χ1n) is 11.3. The van der Waals surface area contributed by atoms with Crippen LogP contribution in [0.3, 0.4) is 0 Å². The van der Waals surface area contributed by atoms with Crippen molar-refractivity contribution in [2.75, 3.05) is 12.4 Å². The van der Waals surface area contributed by atoms with Gasteiger partial charge >= 0.3 is 5.97 Å². The molecular formula is C29H25N3O3. The van der Waals surface area contributed by atoms with E-state index in [0.29, 0.717) is 29.3 Å². The van der Waals surface area contributed by atoms with Gasteiger partial charge in [0.1, 0.15) is 28.7 Å². The van der Waals surface area contributed by atoms with E-state index in [2.05, 4.69) is 17.4 Å². The van der Waals surface area contributed by atoms with Crippen LogP contribution in [0.25, 0.3) is 16.9 Å². The van der Waals surface area contributed by atoms with Gasteiger partial charge in [-0.05, 0) is 60.5 Å². The normalized spacial score (nSPS) is 10.8. The Morgan fingerprint density at radius 1 is 0.914 bits per heavy atom. The van der Waals surface area contributed by atoms with Crippen LogP contribution in [0, 0.1) is 6.92 Å². The lowest BCUT2D eigenvalue weighted by molar-refractivity contribution is 0.0735. The van der Waals surface area contributed by atoms with Gasteiger partial charge in [-0.2, -0.15) is 0 Å². The average molecular weight is 464 g/mol. The smallest absolute Gasteiger partial charge is 0.343 e. The third-order valence-corrected chi connectivity index (χ3v) is 5.82. The SMILES string of the molecule is COc1ccc(C(=O)Oc2ccccc2-c2nc3c(C)cccn3c2NCc2ccccc2)cc1. The summed E-state index contributed by atoms with van der Waals surface area (Å²) in [5.74, 6) is 1.51. The minimum atomic E-state index is -0.446. The topological polar surface area (TPSA) is 64.9 Å². The van der Waals surface area contributed by atoms with Gasteiger partial charge in [0.15, 0.2) is 0 Å². The summed E-state index contributed by atoms with van der Waals surface area (Å²) in [6.07, 6.45) is 1.98. The summed E-state index contributed by atoms with van der Waals surface area (Å²) in [5.41, 5.74) is 4.93. The van der Waals surface area contributed by atoms with E-state index < -0.39 is 5.97 Å². The Morgan fingerprint density at radius 3 is 2.43 bits per heavy atom. The number of rotatable bonds is 7. The van der Waals surface area contributed by atoms with Crippen molar-refractivity contribution in [2.24, 2.45) is 0 Å². The predicted molar refractivity (Wildman–Crippen MR) is 137 cm³/mol. The maximum Gasteiger partial charge on any atom is 0.343 e. The Labute approximate surface area is 203 Å². The Balaban J connectivity index is 1.53. The highest BCUT2D eigenvalue weighted by atomic mass is 16.5. The van der Waals surface area contributed by atoms with Crippen molar-refractivity contribution < 1.29 is 14.3 Å². The van der Waals surface area contributed by atoms with E-state index in [4.69, 9.17) is 14.5 Å². The largest absolute Gasteiger partial charge is 0.497 e. The summed E-state index contributed by atoms with van der Waals surface area (Å²) in [4.78, 5) is 17.9. The zero-order valence-corrected chi connectivity index (χ0v) is 19.6. The van der Waals surface area contributed by atoms with Crippen LogP contribution in [-0.2, 0) is 6.54 Å². The number of imidazole rings is 1. The van der Waals surface area contributed by atoms with Gasteiger partial charge in [0, 0.05) is 18.3 Å². The molecule has 1 N–H and O–H groups in total. The quantitative estimate of drug-likeness (QED) is 0.232. The molecule has 6 nitrogen and oxygen atoms in total. The molecule has 0 saturated carbocycles. The van der Waals surface area contributed by atoms with Crippen LogP contribution in [0.15, 0.2) is 97.2 Å². The van der Waals surface area contributed by atoms with Crippen molar-refractivity contribution in [2.45, 2.75) is 13.5 Å².